The Morgan fingerprint density at radius 1 is 0.667 bits per heavy atom. The molecule has 0 aliphatic rings. The van der Waals surface area contributed by atoms with E-state index < -0.39 is 10.1 Å². The van der Waals surface area contributed by atoms with Gasteiger partial charge >= 0.3 is 5.97 Å². The molecule has 0 saturated heterocycles. The Morgan fingerprint density at radius 2 is 1.14 bits per heavy atom. The third-order valence-electron chi connectivity index (χ3n) is 5.70. The van der Waals surface area contributed by atoms with Crippen LogP contribution in [0.2, 0.25) is 0 Å². The number of rotatable bonds is 25. The van der Waals surface area contributed by atoms with E-state index in [2.05, 4.69) is 12.2 Å². The Hall–Kier alpha value is -2.58. The van der Waals surface area contributed by atoms with Gasteiger partial charge < -0.3 is 33.7 Å². The van der Waals surface area contributed by atoms with Crippen LogP contribution in [-0.4, -0.2) is 100 Å². The normalized spacial score (nSPS) is 11.5. The van der Waals surface area contributed by atoms with Crippen LogP contribution in [0.4, 0.5) is 5.69 Å². The molecule has 0 spiro atoms. The molecule has 2 aromatic rings. The predicted molar refractivity (Wildman–Crippen MR) is 159 cm³/mol. The summed E-state index contributed by atoms with van der Waals surface area (Å²) in [6.07, 6.45) is 2.23. The summed E-state index contributed by atoms with van der Waals surface area (Å²) in [5, 5.41) is 3.31. The zero-order chi connectivity index (χ0) is 30.3. The number of esters is 1. The second-order valence-electron chi connectivity index (χ2n) is 9.14. The summed E-state index contributed by atoms with van der Waals surface area (Å²) in [7, 11) is -3.78. The summed E-state index contributed by atoms with van der Waals surface area (Å²) in [6.45, 7) is 8.64. The van der Waals surface area contributed by atoms with Crippen LogP contribution in [0.1, 0.15) is 35.7 Å². The number of hydrogen-bond acceptors (Lipinski definition) is 11. The smallest absolute Gasteiger partial charge is 0.338 e. The van der Waals surface area contributed by atoms with Gasteiger partial charge in [-0.05, 0) is 49.7 Å². The Bertz CT molecular complexity index is 1080. The highest BCUT2D eigenvalue weighted by Crippen LogP contribution is 2.13. The van der Waals surface area contributed by atoms with Gasteiger partial charge in [0.2, 0.25) is 0 Å². The van der Waals surface area contributed by atoms with E-state index in [1.807, 2.05) is 19.1 Å². The van der Waals surface area contributed by atoms with Crippen LogP contribution in [0.5, 0.6) is 0 Å². The molecule has 0 aliphatic carbocycles. The van der Waals surface area contributed by atoms with Gasteiger partial charge in [-0.2, -0.15) is 8.42 Å². The second-order valence-corrected chi connectivity index (χ2v) is 10.8. The average Bonchev–Trinajstić information content (AvgIpc) is 2.99. The predicted octanol–water partition coefficient (Wildman–Crippen LogP) is 3.85. The summed E-state index contributed by atoms with van der Waals surface area (Å²) in [4.78, 5) is 12.2. The molecular formula is C30H45NO10S. The molecule has 0 heterocycles. The molecule has 1 N–H and O–H groups in total. The highest BCUT2D eigenvalue weighted by molar-refractivity contribution is 7.86. The monoisotopic (exact) mass is 611 g/mol. The Labute approximate surface area is 249 Å². The molecule has 0 amide bonds. The molecule has 12 heteroatoms. The van der Waals surface area contributed by atoms with E-state index >= 15 is 0 Å². The van der Waals surface area contributed by atoms with Crippen LogP contribution in [0.3, 0.4) is 0 Å². The van der Waals surface area contributed by atoms with Crippen molar-refractivity contribution in [1.29, 1.82) is 0 Å². The van der Waals surface area contributed by atoms with Gasteiger partial charge in [0, 0.05) is 12.2 Å². The number of benzene rings is 2. The van der Waals surface area contributed by atoms with Gasteiger partial charge in [-0.3, -0.25) is 4.18 Å². The number of unbranched alkanes of at least 4 members (excludes halogenated alkanes) is 1. The maximum absolute atomic E-state index is 12.1. The van der Waals surface area contributed by atoms with Crippen molar-refractivity contribution in [1.82, 2.24) is 0 Å². The van der Waals surface area contributed by atoms with Crippen molar-refractivity contribution >= 4 is 21.8 Å². The first kappa shape index (κ1) is 35.6. The van der Waals surface area contributed by atoms with Crippen molar-refractivity contribution < 1.29 is 45.8 Å². The van der Waals surface area contributed by atoms with E-state index in [1.54, 1.807) is 24.3 Å². The number of carbonyl (C=O) groups excluding carboxylic acids is 1. The van der Waals surface area contributed by atoms with Crippen LogP contribution in [0.15, 0.2) is 53.4 Å². The van der Waals surface area contributed by atoms with Crippen molar-refractivity contribution in [2.24, 2.45) is 0 Å². The van der Waals surface area contributed by atoms with Crippen molar-refractivity contribution in [3.8, 4) is 0 Å². The Kier molecular flexibility index (Phi) is 18.7. The van der Waals surface area contributed by atoms with E-state index in [4.69, 9.17) is 32.6 Å². The van der Waals surface area contributed by atoms with Gasteiger partial charge in [0.25, 0.3) is 10.1 Å². The molecule has 2 rings (SSSR count). The first-order chi connectivity index (χ1) is 20.4. The summed E-state index contributed by atoms with van der Waals surface area (Å²) >= 11 is 0. The van der Waals surface area contributed by atoms with Crippen LogP contribution < -0.4 is 5.32 Å². The quantitative estimate of drug-likeness (QED) is 0.0999. The molecule has 236 valence electrons. The topological polar surface area (TPSA) is 128 Å². The zero-order valence-corrected chi connectivity index (χ0v) is 25.5. The van der Waals surface area contributed by atoms with E-state index in [-0.39, 0.29) is 30.7 Å². The fourth-order valence-corrected chi connectivity index (χ4v) is 4.26. The van der Waals surface area contributed by atoms with E-state index in [0.29, 0.717) is 65.0 Å². The molecule has 11 nitrogen and oxygen atoms in total. The number of hydrogen-bond donors (Lipinski definition) is 1. The highest BCUT2D eigenvalue weighted by Gasteiger charge is 2.14. The van der Waals surface area contributed by atoms with Crippen molar-refractivity contribution in [3.63, 3.8) is 0 Å². The molecule has 0 atom stereocenters. The van der Waals surface area contributed by atoms with Crippen LogP contribution in [0.25, 0.3) is 0 Å². The molecule has 42 heavy (non-hydrogen) atoms. The number of anilines is 1. The number of carbonyl (C=O) groups is 1. The minimum Gasteiger partial charge on any atom is -0.460 e. The van der Waals surface area contributed by atoms with Gasteiger partial charge in [-0.1, -0.05) is 31.0 Å². The second kappa shape index (κ2) is 22.0. The van der Waals surface area contributed by atoms with Gasteiger partial charge in [0.1, 0.15) is 6.61 Å². The maximum Gasteiger partial charge on any atom is 0.338 e. The molecule has 0 aromatic heterocycles. The molecule has 0 unspecified atom stereocenters. The maximum atomic E-state index is 12.1. The van der Waals surface area contributed by atoms with E-state index in [1.165, 1.54) is 12.1 Å². The van der Waals surface area contributed by atoms with Crippen LogP contribution in [0, 0.1) is 6.92 Å². The van der Waals surface area contributed by atoms with E-state index in [0.717, 1.165) is 30.6 Å². The summed E-state index contributed by atoms with van der Waals surface area (Å²) < 4.78 is 61.3. The van der Waals surface area contributed by atoms with Gasteiger partial charge in [-0.15, -0.1) is 0 Å². The fourth-order valence-electron chi connectivity index (χ4n) is 3.37. The molecule has 0 fully saturated rings. The van der Waals surface area contributed by atoms with Gasteiger partial charge in [-0.25, -0.2) is 4.79 Å². The van der Waals surface area contributed by atoms with Crippen LogP contribution >= 0.6 is 0 Å². The number of nitrogens with one attached hydrogen (secondary N) is 1. The van der Waals surface area contributed by atoms with Crippen molar-refractivity contribution in [2.45, 2.75) is 31.6 Å². The molecule has 0 radical (unpaired) electrons. The third kappa shape index (κ3) is 16.2. The third-order valence-corrected chi connectivity index (χ3v) is 7.03. The van der Waals surface area contributed by atoms with Gasteiger partial charge in [0.05, 0.1) is 83.1 Å². The Balaban J connectivity index is 1.31. The molecule has 0 saturated carbocycles. The van der Waals surface area contributed by atoms with Gasteiger partial charge in [0.15, 0.2) is 0 Å². The average molecular weight is 612 g/mol. The Morgan fingerprint density at radius 3 is 1.64 bits per heavy atom. The highest BCUT2D eigenvalue weighted by atomic mass is 32.2. The van der Waals surface area contributed by atoms with E-state index in [9.17, 15) is 13.2 Å². The first-order valence-corrected chi connectivity index (χ1v) is 15.7. The lowest BCUT2D eigenvalue weighted by Gasteiger charge is -2.09. The van der Waals surface area contributed by atoms with Crippen molar-refractivity contribution in [2.75, 3.05) is 91.1 Å². The van der Waals surface area contributed by atoms with Crippen molar-refractivity contribution in [3.05, 3.63) is 59.7 Å². The lowest BCUT2D eigenvalue weighted by atomic mass is 10.2. The molecular weight excluding hydrogens is 566 g/mol. The fraction of sp³-hybridized carbons (Fsp3) is 0.567. The number of aryl methyl sites for hydroxylation is 1. The van der Waals surface area contributed by atoms with Crippen LogP contribution in [-0.2, 0) is 42.7 Å². The largest absolute Gasteiger partial charge is 0.460 e. The first-order valence-electron chi connectivity index (χ1n) is 14.3. The molecule has 2 aromatic carbocycles. The standard InChI is InChI=1S/C30H45NO10S/c1-3-4-13-31-28-9-7-27(8-10-28)30(32)40-24-22-38-20-18-36-16-14-35-15-17-37-19-21-39-23-25-41-42(33,34)29-11-5-26(2)6-12-29/h5-12,31H,3-4,13-25H2,1-2H3. The minimum atomic E-state index is -3.78. The summed E-state index contributed by atoms with van der Waals surface area (Å²) in [5.41, 5.74) is 2.46. The zero-order valence-electron chi connectivity index (χ0n) is 24.7. The summed E-state index contributed by atoms with van der Waals surface area (Å²) in [6, 6.07) is 13.7. The summed E-state index contributed by atoms with van der Waals surface area (Å²) in [5.74, 6) is -0.375. The SMILES string of the molecule is CCCCNc1ccc(C(=O)OCCOCCOCCOCCOCCOCCOS(=O)(=O)c2ccc(C)cc2)cc1. The lowest BCUT2D eigenvalue weighted by Crippen LogP contribution is -2.15. The minimum absolute atomic E-state index is 0.0652. The molecule has 0 aliphatic heterocycles. The molecule has 0 bridgehead atoms. The lowest BCUT2D eigenvalue weighted by molar-refractivity contribution is -0.0162. The number of ether oxygens (including phenoxy) is 6.